The first-order valence-corrected chi connectivity index (χ1v) is 7.98. The summed E-state index contributed by atoms with van der Waals surface area (Å²) in [6.45, 7) is 8.66. The van der Waals surface area contributed by atoms with Gasteiger partial charge in [-0.3, -0.25) is 4.79 Å². The smallest absolute Gasteiger partial charge is 0.254 e. The molecule has 21 heavy (non-hydrogen) atoms. The van der Waals surface area contributed by atoms with Crippen molar-refractivity contribution < 1.29 is 9.53 Å². The zero-order chi connectivity index (χ0) is 14.6. The lowest BCUT2D eigenvalue weighted by Gasteiger charge is -2.50. The molecule has 2 saturated heterocycles. The largest absolute Gasteiger partial charge is 0.339 e. The summed E-state index contributed by atoms with van der Waals surface area (Å²) < 4.78 is 6.50. The quantitative estimate of drug-likeness (QED) is 0.722. The van der Waals surface area contributed by atoms with Gasteiger partial charge in [-0.25, -0.2) is 0 Å². The van der Waals surface area contributed by atoms with Crippen molar-refractivity contribution in [3.05, 3.63) is 0 Å². The lowest BCUT2D eigenvalue weighted by Crippen LogP contribution is -2.65. The first-order valence-electron chi connectivity index (χ1n) is 7.98. The van der Waals surface area contributed by atoms with Gasteiger partial charge >= 0.3 is 0 Å². The molecule has 3 rings (SSSR count). The molecule has 2 N–H and O–H groups in total. The van der Waals surface area contributed by atoms with Gasteiger partial charge in [0.15, 0.2) is 5.60 Å². The van der Waals surface area contributed by atoms with E-state index >= 15 is 0 Å². The molecule has 4 nitrogen and oxygen atoms in total. The van der Waals surface area contributed by atoms with Crippen LogP contribution in [-0.4, -0.2) is 28.3 Å². The number of amides is 1. The molecule has 0 unspecified atom stereocenters. The molecule has 5 heteroatoms. The molecule has 122 valence electrons. The summed E-state index contributed by atoms with van der Waals surface area (Å²) in [6, 6.07) is 0. The van der Waals surface area contributed by atoms with Crippen molar-refractivity contribution in [3.8, 4) is 0 Å². The van der Waals surface area contributed by atoms with Crippen LogP contribution in [0.15, 0.2) is 0 Å². The number of carbonyl (C=O) groups excluding carboxylic acids is 1. The Morgan fingerprint density at radius 3 is 2.00 bits per heavy atom. The highest BCUT2D eigenvalue weighted by atomic mass is 35.5. The van der Waals surface area contributed by atoms with Gasteiger partial charge in [0.1, 0.15) is 5.72 Å². The van der Waals surface area contributed by atoms with Gasteiger partial charge in [-0.15, -0.1) is 12.4 Å². The standard InChI is InChI=1S/C16H28N2O2.ClH/c1-13(2)10-15(11-14(3,4)18-13)12(19)17-16(20-15)8-6-5-7-9-16;/h18H,5-11H2,1-4H3,(H,17,19);1H. The average molecular weight is 317 g/mol. The van der Waals surface area contributed by atoms with Crippen LogP contribution in [0.1, 0.15) is 72.6 Å². The fourth-order valence-electron chi connectivity index (χ4n) is 4.84. The predicted molar refractivity (Wildman–Crippen MR) is 85.6 cm³/mol. The van der Waals surface area contributed by atoms with Gasteiger partial charge < -0.3 is 15.4 Å². The highest BCUT2D eigenvalue weighted by Gasteiger charge is 2.61. The minimum Gasteiger partial charge on any atom is -0.339 e. The molecule has 1 aliphatic carbocycles. The average Bonchev–Trinajstić information content (AvgIpc) is 2.46. The maximum atomic E-state index is 12.7. The summed E-state index contributed by atoms with van der Waals surface area (Å²) in [6.07, 6.45) is 6.99. The number of rotatable bonds is 0. The van der Waals surface area contributed by atoms with Crippen LogP contribution in [-0.2, 0) is 9.53 Å². The lowest BCUT2D eigenvalue weighted by molar-refractivity contribution is -0.167. The van der Waals surface area contributed by atoms with Crippen molar-refractivity contribution >= 4 is 18.3 Å². The van der Waals surface area contributed by atoms with Gasteiger partial charge in [0, 0.05) is 23.9 Å². The van der Waals surface area contributed by atoms with E-state index in [4.69, 9.17) is 4.74 Å². The van der Waals surface area contributed by atoms with Crippen LogP contribution in [0.5, 0.6) is 0 Å². The van der Waals surface area contributed by atoms with Gasteiger partial charge in [-0.1, -0.05) is 6.42 Å². The van der Waals surface area contributed by atoms with E-state index in [9.17, 15) is 4.79 Å². The lowest BCUT2D eigenvalue weighted by atomic mass is 9.72. The molecule has 3 fully saturated rings. The minimum absolute atomic E-state index is 0. The number of nitrogens with one attached hydrogen (secondary N) is 2. The number of hydrogen-bond donors (Lipinski definition) is 2. The summed E-state index contributed by atoms with van der Waals surface area (Å²) in [4.78, 5) is 12.7. The van der Waals surface area contributed by atoms with Crippen LogP contribution in [0.3, 0.4) is 0 Å². The number of ether oxygens (including phenoxy) is 1. The molecular weight excluding hydrogens is 288 g/mol. The maximum Gasteiger partial charge on any atom is 0.254 e. The Labute approximate surface area is 134 Å². The number of halogens is 1. The molecule has 2 spiro atoms. The second kappa shape index (κ2) is 5.10. The summed E-state index contributed by atoms with van der Waals surface area (Å²) in [5.41, 5.74) is -1.19. The van der Waals surface area contributed by atoms with E-state index in [-0.39, 0.29) is 35.1 Å². The van der Waals surface area contributed by atoms with Crippen molar-refractivity contribution in [3.63, 3.8) is 0 Å². The summed E-state index contributed by atoms with van der Waals surface area (Å²) in [5, 5.41) is 6.85. The van der Waals surface area contributed by atoms with Crippen molar-refractivity contribution in [2.45, 2.75) is 95.0 Å². The maximum absolute atomic E-state index is 12.7. The van der Waals surface area contributed by atoms with Crippen molar-refractivity contribution in [1.29, 1.82) is 0 Å². The first-order chi connectivity index (χ1) is 9.16. The third-order valence-corrected chi connectivity index (χ3v) is 4.94. The van der Waals surface area contributed by atoms with Crippen LogP contribution in [0.25, 0.3) is 0 Å². The van der Waals surface area contributed by atoms with Gasteiger partial charge in [-0.05, 0) is 53.4 Å². The second-order valence-corrected chi connectivity index (χ2v) is 8.35. The van der Waals surface area contributed by atoms with Crippen LogP contribution in [0.2, 0.25) is 0 Å². The van der Waals surface area contributed by atoms with Gasteiger partial charge in [0.25, 0.3) is 5.91 Å². The monoisotopic (exact) mass is 316 g/mol. The molecular formula is C16H29ClN2O2. The topological polar surface area (TPSA) is 50.4 Å². The van der Waals surface area contributed by atoms with Gasteiger partial charge in [-0.2, -0.15) is 0 Å². The molecule has 2 aliphatic heterocycles. The summed E-state index contributed by atoms with van der Waals surface area (Å²) >= 11 is 0. The van der Waals surface area contributed by atoms with E-state index in [1.54, 1.807) is 0 Å². The fourth-order valence-corrected chi connectivity index (χ4v) is 4.84. The molecule has 1 amide bonds. The SMILES string of the molecule is CC1(C)CC2(CC(C)(C)N1)OC1(CCCCC1)NC2=O.Cl. The Balaban J connectivity index is 0.00000161. The van der Waals surface area contributed by atoms with Crippen LogP contribution >= 0.6 is 12.4 Å². The molecule has 0 radical (unpaired) electrons. The summed E-state index contributed by atoms with van der Waals surface area (Å²) in [7, 11) is 0. The fraction of sp³-hybridized carbons (Fsp3) is 0.938. The van der Waals surface area contributed by atoms with Crippen LogP contribution < -0.4 is 10.6 Å². The van der Waals surface area contributed by atoms with Crippen molar-refractivity contribution in [2.24, 2.45) is 0 Å². The molecule has 0 aromatic rings. The third-order valence-electron chi connectivity index (χ3n) is 4.94. The van der Waals surface area contributed by atoms with Gasteiger partial charge in [0.2, 0.25) is 0 Å². The zero-order valence-electron chi connectivity index (χ0n) is 13.7. The Kier molecular flexibility index (Phi) is 4.14. The highest BCUT2D eigenvalue weighted by molar-refractivity contribution is 5.88. The van der Waals surface area contributed by atoms with E-state index in [2.05, 4.69) is 38.3 Å². The molecule has 2 heterocycles. The van der Waals surface area contributed by atoms with E-state index < -0.39 is 5.60 Å². The van der Waals surface area contributed by atoms with Crippen LogP contribution in [0.4, 0.5) is 0 Å². The number of carbonyl (C=O) groups is 1. The predicted octanol–water partition coefficient (Wildman–Crippen LogP) is 2.89. The molecule has 0 atom stereocenters. The molecule has 0 aromatic carbocycles. The zero-order valence-corrected chi connectivity index (χ0v) is 14.5. The number of piperidine rings is 1. The van der Waals surface area contributed by atoms with Crippen molar-refractivity contribution in [1.82, 2.24) is 10.6 Å². The summed E-state index contributed by atoms with van der Waals surface area (Å²) in [5.74, 6) is 0.113. The van der Waals surface area contributed by atoms with E-state index in [0.717, 1.165) is 38.5 Å². The third kappa shape index (κ3) is 3.08. The Morgan fingerprint density at radius 2 is 1.48 bits per heavy atom. The minimum atomic E-state index is -0.643. The van der Waals surface area contributed by atoms with E-state index in [0.29, 0.717) is 0 Å². The second-order valence-electron chi connectivity index (χ2n) is 8.35. The molecule has 0 aromatic heterocycles. The van der Waals surface area contributed by atoms with E-state index in [1.165, 1.54) is 6.42 Å². The van der Waals surface area contributed by atoms with Gasteiger partial charge in [0.05, 0.1) is 0 Å². The number of hydrogen-bond acceptors (Lipinski definition) is 3. The highest BCUT2D eigenvalue weighted by Crippen LogP contribution is 2.47. The Bertz CT molecular complexity index is 412. The molecule has 3 aliphatic rings. The molecule has 1 saturated carbocycles. The van der Waals surface area contributed by atoms with Crippen molar-refractivity contribution in [2.75, 3.05) is 0 Å². The first kappa shape index (κ1) is 17.0. The van der Waals surface area contributed by atoms with E-state index in [1.807, 2.05) is 0 Å². The van der Waals surface area contributed by atoms with Crippen LogP contribution in [0, 0.1) is 0 Å². The Hall–Kier alpha value is -0.320. The Morgan fingerprint density at radius 1 is 0.952 bits per heavy atom. The molecule has 0 bridgehead atoms. The normalized spacial score (nSPS) is 31.7.